The number of amides is 1. The lowest BCUT2D eigenvalue weighted by Crippen LogP contribution is -2.37. The van der Waals surface area contributed by atoms with Gasteiger partial charge in [0.2, 0.25) is 10.0 Å². The lowest BCUT2D eigenvalue weighted by molar-refractivity contribution is 0.0926. The number of rotatable bonds is 6. The molecule has 1 unspecified atom stereocenters. The van der Waals surface area contributed by atoms with Gasteiger partial charge in [0.1, 0.15) is 10.7 Å². The van der Waals surface area contributed by atoms with Crippen LogP contribution in [0.4, 0.5) is 4.39 Å². The fourth-order valence-electron chi connectivity index (χ4n) is 3.26. The molecule has 2 aromatic rings. The van der Waals surface area contributed by atoms with Crippen LogP contribution in [0, 0.1) is 5.82 Å². The number of nitrogens with zero attached hydrogens (tertiary/aromatic N) is 1. The summed E-state index contributed by atoms with van der Waals surface area (Å²) in [6, 6.07) is 12.5. The Kier molecular flexibility index (Phi) is 5.88. The maximum atomic E-state index is 14.0. The van der Waals surface area contributed by atoms with Crippen LogP contribution in [0.25, 0.3) is 0 Å². The largest absolute Gasteiger partial charge is 0.344 e. The number of halogens is 1. The molecular weight excluding hydrogens is 369 g/mol. The normalized spacial score (nSPS) is 16.2. The Morgan fingerprint density at radius 1 is 1.15 bits per heavy atom. The fraction of sp³-hybridized carbons (Fsp3) is 0.316. The Morgan fingerprint density at radius 3 is 2.41 bits per heavy atom. The fourth-order valence-corrected chi connectivity index (χ4v) is 3.85. The molecule has 3 N–H and O–H groups in total. The van der Waals surface area contributed by atoms with Gasteiger partial charge in [0.05, 0.1) is 6.04 Å². The molecule has 0 spiro atoms. The molecule has 1 aliphatic heterocycles. The predicted octanol–water partition coefficient (Wildman–Crippen LogP) is 2.04. The Balaban J connectivity index is 1.80. The first-order valence-corrected chi connectivity index (χ1v) is 10.3. The quantitative estimate of drug-likeness (QED) is 0.788. The third kappa shape index (κ3) is 4.91. The number of nitrogens with one attached hydrogen (secondary N) is 1. The molecule has 1 saturated heterocycles. The molecule has 144 valence electrons. The summed E-state index contributed by atoms with van der Waals surface area (Å²) in [5.74, 6) is -1.51. The van der Waals surface area contributed by atoms with Crippen LogP contribution in [0.1, 0.15) is 34.8 Å². The molecule has 1 heterocycles. The molecule has 6 nitrogen and oxygen atoms in total. The summed E-state index contributed by atoms with van der Waals surface area (Å²) < 4.78 is 36.7. The average Bonchev–Trinajstić information content (AvgIpc) is 3.14. The molecule has 0 aromatic heterocycles. The minimum atomic E-state index is -4.17. The second kappa shape index (κ2) is 8.16. The van der Waals surface area contributed by atoms with E-state index in [1.54, 1.807) is 0 Å². The van der Waals surface area contributed by atoms with E-state index in [1.807, 2.05) is 30.3 Å². The van der Waals surface area contributed by atoms with E-state index in [2.05, 4.69) is 10.2 Å². The second-order valence-electron chi connectivity index (χ2n) is 6.63. The summed E-state index contributed by atoms with van der Waals surface area (Å²) in [6.45, 7) is 2.63. The number of hydrogen-bond acceptors (Lipinski definition) is 4. The smallest absolute Gasteiger partial charge is 0.251 e. The van der Waals surface area contributed by atoms with Crippen molar-refractivity contribution in [3.63, 3.8) is 0 Å². The van der Waals surface area contributed by atoms with Crippen molar-refractivity contribution >= 4 is 15.9 Å². The van der Waals surface area contributed by atoms with E-state index < -0.39 is 26.6 Å². The molecule has 1 atom stereocenters. The number of carbonyl (C=O) groups is 1. The lowest BCUT2D eigenvalue weighted by atomic mass is 10.1. The summed E-state index contributed by atoms with van der Waals surface area (Å²) in [4.78, 5) is 14.3. The first-order valence-electron chi connectivity index (χ1n) is 8.75. The third-order valence-corrected chi connectivity index (χ3v) is 5.59. The number of benzene rings is 2. The second-order valence-corrected chi connectivity index (χ2v) is 8.16. The van der Waals surface area contributed by atoms with Gasteiger partial charge in [-0.05, 0) is 49.7 Å². The van der Waals surface area contributed by atoms with E-state index in [1.165, 1.54) is 6.07 Å². The van der Waals surface area contributed by atoms with Crippen molar-refractivity contribution in [3.05, 3.63) is 65.5 Å². The van der Waals surface area contributed by atoms with E-state index in [9.17, 15) is 17.6 Å². The Morgan fingerprint density at radius 2 is 1.81 bits per heavy atom. The first-order chi connectivity index (χ1) is 12.8. The van der Waals surface area contributed by atoms with Gasteiger partial charge in [-0.15, -0.1) is 0 Å². The Bertz CT molecular complexity index is 913. The van der Waals surface area contributed by atoms with Crippen molar-refractivity contribution in [2.45, 2.75) is 23.8 Å². The highest BCUT2D eigenvalue weighted by molar-refractivity contribution is 7.89. The SMILES string of the molecule is NS(=O)(=O)c1ccc(C(=O)NC(CN2CCCC2)c2ccccc2)cc1F. The van der Waals surface area contributed by atoms with Crippen molar-refractivity contribution in [2.24, 2.45) is 5.14 Å². The molecule has 0 saturated carbocycles. The molecule has 1 fully saturated rings. The number of hydrogen-bond donors (Lipinski definition) is 2. The van der Waals surface area contributed by atoms with Crippen molar-refractivity contribution in [2.75, 3.05) is 19.6 Å². The van der Waals surface area contributed by atoms with E-state index in [-0.39, 0.29) is 11.6 Å². The van der Waals surface area contributed by atoms with Crippen LogP contribution in [-0.2, 0) is 10.0 Å². The average molecular weight is 391 g/mol. The summed E-state index contributed by atoms with van der Waals surface area (Å²) in [5.41, 5.74) is 1.00. The van der Waals surface area contributed by atoms with E-state index >= 15 is 0 Å². The minimum Gasteiger partial charge on any atom is -0.344 e. The Hall–Kier alpha value is -2.29. The maximum Gasteiger partial charge on any atom is 0.251 e. The summed E-state index contributed by atoms with van der Waals surface area (Å²) in [5, 5.41) is 7.89. The van der Waals surface area contributed by atoms with Gasteiger partial charge < -0.3 is 10.2 Å². The van der Waals surface area contributed by atoms with E-state index in [0.717, 1.165) is 43.6 Å². The van der Waals surface area contributed by atoms with Crippen LogP contribution in [-0.4, -0.2) is 38.9 Å². The predicted molar refractivity (Wildman–Crippen MR) is 100 cm³/mol. The molecule has 1 aliphatic rings. The van der Waals surface area contributed by atoms with Gasteiger partial charge >= 0.3 is 0 Å². The minimum absolute atomic E-state index is 0.0438. The van der Waals surface area contributed by atoms with E-state index in [4.69, 9.17) is 5.14 Å². The van der Waals surface area contributed by atoms with Gasteiger partial charge in [-0.1, -0.05) is 30.3 Å². The molecule has 0 aliphatic carbocycles. The zero-order valence-electron chi connectivity index (χ0n) is 14.8. The Labute approximate surface area is 158 Å². The van der Waals surface area contributed by atoms with Gasteiger partial charge in [-0.2, -0.15) is 0 Å². The molecule has 8 heteroatoms. The molecule has 1 amide bonds. The zero-order chi connectivity index (χ0) is 19.4. The number of sulfonamides is 1. The lowest BCUT2D eigenvalue weighted by Gasteiger charge is -2.25. The third-order valence-electron chi connectivity index (χ3n) is 4.65. The van der Waals surface area contributed by atoms with Crippen LogP contribution in [0.15, 0.2) is 53.4 Å². The number of carbonyl (C=O) groups excluding carboxylic acids is 1. The zero-order valence-corrected chi connectivity index (χ0v) is 15.6. The highest BCUT2D eigenvalue weighted by atomic mass is 32.2. The van der Waals surface area contributed by atoms with Crippen molar-refractivity contribution < 1.29 is 17.6 Å². The summed E-state index contributed by atoms with van der Waals surface area (Å²) >= 11 is 0. The first kappa shape index (κ1) is 19.5. The van der Waals surface area contributed by atoms with Crippen molar-refractivity contribution in [1.82, 2.24) is 10.2 Å². The van der Waals surface area contributed by atoms with Crippen molar-refractivity contribution in [1.29, 1.82) is 0 Å². The highest BCUT2D eigenvalue weighted by Gasteiger charge is 2.22. The number of primary sulfonamides is 1. The topological polar surface area (TPSA) is 92.5 Å². The number of nitrogens with two attached hydrogens (primary N) is 1. The van der Waals surface area contributed by atoms with Crippen LogP contribution in [0.5, 0.6) is 0 Å². The molecule has 0 radical (unpaired) electrons. The van der Waals surface area contributed by atoms with Gasteiger partial charge in [-0.25, -0.2) is 17.9 Å². The van der Waals surface area contributed by atoms with Gasteiger partial charge in [0, 0.05) is 12.1 Å². The van der Waals surface area contributed by atoms with Crippen LogP contribution >= 0.6 is 0 Å². The highest BCUT2D eigenvalue weighted by Crippen LogP contribution is 2.20. The standard InChI is InChI=1S/C19H22FN3O3S/c20-16-12-15(8-9-18(16)27(21,25)26)19(24)22-17(13-23-10-4-5-11-23)14-6-2-1-3-7-14/h1-3,6-9,12,17H,4-5,10-11,13H2,(H,22,24)(H2,21,25,26). The van der Waals surface area contributed by atoms with Gasteiger partial charge in [0.25, 0.3) is 5.91 Å². The molecule has 27 heavy (non-hydrogen) atoms. The molecular formula is C19H22FN3O3S. The monoisotopic (exact) mass is 391 g/mol. The van der Waals surface area contributed by atoms with Crippen LogP contribution < -0.4 is 10.5 Å². The maximum absolute atomic E-state index is 14.0. The van der Waals surface area contributed by atoms with Crippen LogP contribution in [0.3, 0.4) is 0 Å². The van der Waals surface area contributed by atoms with Crippen LogP contribution in [0.2, 0.25) is 0 Å². The number of likely N-dealkylation sites (tertiary alicyclic amines) is 1. The summed E-state index contributed by atoms with van der Waals surface area (Å²) in [7, 11) is -4.17. The molecule has 2 aromatic carbocycles. The van der Waals surface area contributed by atoms with Gasteiger partial charge in [0.15, 0.2) is 0 Å². The van der Waals surface area contributed by atoms with Crippen molar-refractivity contribution in [3.8, 4) is 0 Å². The molecule has 0 bridgehead atoms. The van der Waals surface area contributed by atoms with Gasteiger partial charge in [-0.3, -0.25) is 4.79 Å². The van der Waals surface area contributed by atoms with E-state index in [0.29, 0.717) is 6.54 Å². The molecule has 3 rings (SSSR count). The summed E-state index contributed by atoms with van der Waals surface area (Å²) in [6.07, 6.45) is 2.27.